The van der Waals surface area contributed by atoms with E-state index in [-0.39, 0.29) is 12.2 Å². The molecule has 6 nitrogen and oxygen atoms in total. The third-order valence-electron chi connectivity index (χ3n) is 14.3. The second kappa shape index (κ2) is 23.8. The van der Waals surface area contributed by atoms with Crippen LogP contribution in [0.1, 0.15) is 34.5 Å². The Bertz CT molecular complexity index is 3600. The molecule has 78 heavy (non-hydrogen) atoms. The first-order valence-electron chi connectivity index (χ1n) is 26.8. The van der Waals surface area contributed by atoms with E-state index in [1.165, 1.54) is 0 Å². The molecular weight excluding hydrogens is 961 g/mol. The lowest BCUT2D eigenvalue weighted by Crippen LogP contribution is -2.14. The van der Waals surface area contributed by atoms with Crippen molar-refractivity contribution in [1.29, 1.82) is 0 Å². The molecule has 0 aliphatic carbocycles. The van der Waals surface area contributed by atoms with Crippen LogP contribution in [-0.2, 0) is 9.47 Å². The quantitative estimate of drug-likeness (QED) is 0.0669. The second-order valence-electron chi connectivity index (χ2n) is 19.3. The highest BCUT2D eigenvalue weighted by Crippen LogP contribution is 2.45. The first-order chi connectivity index (χ1) is 38.7. The van der Waals surface area contributed by atoms with Crippen LogP contribution in [0.3, 0.4) is 0 Å². The molecular formula is C72H58O6. The summed E-state index contributed by atoms with van der Waals surface area (Å²) in [6, 6.07) is 92.4. The Morgan fingerprint density at radius 1 is 0.256 bits per heavy atom. The van der Waals surface area contributed by atoms with E-state index in [0.29, 0.717) is 39.6 Å². The number of ether oxygens (including phenoxy) is 6. The van der Waals surface area contributed by atoms with Crippen molar-refractivity contribution in [3.05, 3.63) is 289 Å². The van der Waals surface area contributed by atoms with Crippen molar-refractivity contribution < 1.29 is 28.4 Å². The summed E-state index contributed by atoms with van der Waals surface area (Å²) in [6.07, 6.45) is -0.599. The highest BCUT2D eigenvalue weighted by molar-refractivity contribution is 6.09. The summed E-state index contributed by atoms with van der Waals surface area (Å²) in [5, 5.41) is 8.83. The molecule has 0 saturated carbocycles. The van der Waals surface area contributed by atoms with Gasteiger partial charge in [-0.1, -0.05) is 231 Å². The molecule has 0 heterocycles. The van der Waals surface area contributed by atoms with Gasteiger partial charge in [0.2, 0.25) is 0 Å². The SMILES string of the molecule is c1ccc(C(Oc2cc(-c3c(OCCOCCOCCOc4ccc5ccccc5c4-c4cc(OC(c5ccccc5)c5ccccc5)cc5ccccc45)ccc4ccccc34)c3ccccc3c2)c2ccccc2)cc1. The summed E-state index contributed by atoms with van der Waals surface area (Å²) in [6.45, 7) is 2.32. The van der Waals surface area contributed by atoms with E-state index in [1.807, 2.05) is 24.3 Å². The van der Waals surface area contributed by atoms with Crippen LogP contribution < -0.4 is 18.9 Å². The van der Waals surface area contributed by atoms with Gasteiger partial charge in [0.15, 0.2) is 0 Å². The van der Waals surface area contributed by atoms with Gasteiger partial charge in [0.1, 0.15) is 48.4 Å². The average Bonchev–Trinajstić information content (AvgIpc) is 3.54. The highest BCUT2D eigenvalue weighted by atomic mass is 16.6. The fraction of sp³-hybridized carbons (Fsp3) is 0.111. The molecule has 0 atom stereocenters. The second-order valence-corrected chi connectivity index (χ2v) is 19.3. The lowest BCUT2D eigenvalue weighted by Gasteiger charge is -2.22. The maximum absolute atomic E-state index is 7.00. The van der Waals surface area contributed by atoms with Gasteiger partial charge in [-0.2, -0.15) is 0 Å². The first kappa shape index (κ1) is 49.7. The van der Waals surface area contributed by atoms with Crippen molar-refractivity contribution >= 4 is 43.1 Å². The Morgan fingerprint density at radius 2 is 0.564 bits per heavy atom. The van der Waals surface area contributed by atoms with E-state index < -0.39 is 0 Å². The maximum Gasteiger partial charge on any atom is 0.149 e. The fourth-order valence-electron chi connectivity index (χ4n) is 10.6. The predicted octanol–water partition coefficient (Wildman–Crippen LogP) is 17.5. The van der Waals surface area contributed by atoms with Crippen molar-refractivity contribution in [2.75, 3.05) is 39.6 Å². The monoisotopic (exact) mass is 1020 g/mol. The Morgan fingerprint density at radius 3 is 0.936 bits per heavy atom. The molecule has 12 aromatic carbocycles. The number of fused-ring (bicyclic) bond motifs is 4. The van der Waals surface area contributed by atoms with E-state index in [1.54, 1.807) is 0 Å². The van der Waals surface area contributed by atoms with Crippen LogP contribution in [0.15, 0.2) is 267 Å². The molecule has 0 amide bonds. The molecule has 382 valence electrons. The number of hydrogen-bond donors (Lipinski definition) is 0. The third kappa shape index (κ3) is 11.0. The van der Waals surface area contributed by atoms with Crippen molar-refractivity contribution in [3.8, 4) is 45.3 Å². The Labute approximate surface area is 455 Å². The van der Waals surface area contributed by atoms with Gasteiger partial charge in [-0.15, -0.1) is 0 Å². The van der Waals surface area contributed by atoms with Crippen LogP contribution in [0.5, 0.6) is 23.0 Å². The average molecular weight is 1020 g/mol. The van der Waals surface area contributed by atoms with Gasteiger partial charge in [-0.05, 0) is 113 Å². The fourth-order valence-corrected chi connectivity index (χ4v) is 10.6. The molecule has 0 aromatic heterocycles. The van der Waals surface area contributed by atoms with E-state index in [2.05, 4.69) is 243 Å². The maximum atomic E-state index is 7.00. The van der Waals surface area contributed by atoms with Crippen LogP contribution in [-0.4, -0.2) is 39.6 Å². The molecule has 0 saturated heterocycles. The molecule has 0 spiro atoms. The topological polar surface area (TPSA) is 55.4 Å². The van der Waals surface area contributed by atoms with Crippen molar-refractivity contribution in [1.82, 2.24) is 0 Å². The molecule has 0 bridgehead atoms. The van der Waals surface area contributed by atoms with Crippen LogP contribution in [0.25, 0.3) is 65.3 Å². The standard InChI is InChI=1S/C72H58O6/c1-5-23-53(24-6-1)71(54-25-7-2-8-26-54)77-59-47-57-31-15-17-33-61(57)65(49-59)69-63-35-19-13-21-51(63)37-39-67(69)75-45-43-73-41-42-74-44-46-76-68-40-38-52-22-14-20-36-64(52)70(68)66-50-60(48-58-32-16-18-34-62(58)66)78-72(55-27-9-3-10-28-55)56-29-11-4-12-30-56/h1-40,47-50,71-72H,41-46H2. The highest BCUT2D eigenvalue weighted by Gasteiger charge is 2.22. The zero-order valence-corrected chi connectivity index (χ0v) is 43.3. The molecule has 0 N–H and O–H groups in total. The van der Waals surface area contributed by atoms with Crippen LogP contribution in [0.4, 0.5) is 0 Å². The summed E-state index contributed by atoms with van der Waals surface area (Å²) in [4.78, 5) is 0. The number of rotatable bonds is 21. The summed E-state index contributed by atoms with van der Waals surface area (Å²) in [5.41, 5.74) is 8.42. The Kier molecular flexibility index (Phi) is 15.1. The van der Waals surface area contributed by atoms with Gasteiger partial charge < -0.3 is 28.4 Å². The number of benzene rings is 12. The van der Waals surface area contributed by atoms with Gasteiger partial charge >= 0.3 is 0 Å². The summed E-state index contributed by atoms with van der Waals surface area (Å²) in [5.74, 6) is 3.10. The van der Waals surface area contributed by atoms with Gasteiger partial charge in [-0.25, -0.2) is 0 Å². The predicted molar refractivity (Wildman–Crippen MR) is 317 cm³/mol. The summed E-state index contributed by atoms with van der Waals surface area (Å²) >= 11 is 0. The van der Waals surface area contributed by atoms with Crippen LogP contribution >= 0.6 is 0 Å². The largest absolute Gasteiger partial charge is 0.491 e. The number of hydrogen-bond acceptors (Lipinski definition) is 6. The normalized spacial score (nSPS) is 11.5. The smallest absolute Gasteiger partial charge is 0.149 e. The van der Waals surface area contributed by atoms with Gasteiger partial charge in [0, 0.05) is 11.1 Å². The lowest BCUT2D eigenvalue weighted by molar-refractivity contribution is 0.0275. The minimum absolute atomic E-state index is 0.299. The minimum atomic E-state index is -0.299. The van der Waals surface area contributed by atoms with Crippen LogP contribution in [0, 0.1) is 0 Å². The molecule has 12 rings (SSSR count). The molecule has 0 fully saturated rings. The Hall–Kier alpha value is -9.20. The van der Waals surface area contributed by atoms with E-state index >= 15 is 0 Å². The molecule has 12 aromatic rings. The molecule has 0 radical (unpaired) electrons. The van der Waals surface area contributed by atoms with E-state index in [0.717, 1.165) is 111 Å². The zero-order chi connectivity index (χ0) is 52.3. The van der Waals surface area contributed by atoms with Gasteiger partial charge in [-0.3, -0.25) is 0 Å². The van der Waals surface area contributed by atoms with Crippen molar-refractivity contribution in [2.45, 2.75) is 12.2 Å². The molecule has 0 aliphatic heterocycles. The van der Waals surface area contributed by atoms with E-state index in [9.17, 15) is 0 Å². The summed E-state index contributed by atoms with van der Waals surface area (Å²) in [7, 11) is 0. The van der Waals surface area contributed by atoms with E-state index in [4.69, 9.17) is 28.4 Å². The molecule has 0 aliphatic rings. The van der Waals surface area contributed by atoms with Crippen molar-refractivity contribution in [3.63, 3.8) is 0 Å². The van der Waals surface area contributed by atoms with Crippen LogP contribution in [0.2, 0.25) is 0 Å². The summed E-state index contributed by atoms with van der Waals surface area (Å²) < 4.78 is 39.5. The zero-order valence-electron chi connectivity index (χ0n) is 43.3. The van der Waals surface area contributed by atoms with Crippen molar-refractivity contribution in [2.24, 2.45) is 0 Å². The lowest BCUT2D eigenvalue weighted by atomic mass is 9.92. The third-order valence-corrected chi connectivity index (χ3v) is 14.3. The van der Waals surface area contributed by atoms with Gasteiger partial charge in [0.05, 0.1) is 26.4 Å². The minimum Gasteiger partial charge on any atom is -0.491 e. The molecule has 0 unspecified atom stereocenters. The first-order valence-corrected chi connectivity index (χ1v) is 26.8. The van der Waals surface area contributed by atoms with Gasteiger partial charge in [0.25, 0.3) is 0 Å². The molecule has 6 heteroatoms. The Balaban J connectivity index is 0.718.